The number of thioether (sulfide) groups is 1. The largest absolute Gasteiger partial charge is 0.493 e. The number of benzene rings is 1. The number of hydrazone groups is 1. The molecule has 0 saturated carbocycles. The fraction of sp³-hybridized carbons (Fsp3) is 0.333. The summed E-state index contributed by atoms with van der Waals surface area (Å²) in [6, 6.07) is 9.53. The van der Waals surface area contributed by atoms with Crippen molar-refractivity contribution in [3.63, 3.8) is 0 Å². The molecule has 0 bridgehead atoms. The van der Waals surface area contributed by atoms with E-state index in [1.165, 1.54) is 11.8 Å². The molecule has 4 rings (SSSR count). The predicted octanol–water partition coefficient (Wildman–Crippen LogP) is 3.67. The van der Waals surface area contributed by atoms with E-state index in [9.17, 15) is 4.79 Å². The van der Waals surface area contributed by atoms with E-state index in [0.29, 0.717) is 23.1 Å². The highest BCUT2D eigenvalue weighted by Gasteiger charge is 2.34. The maximum absolute atomic E-state index is 13.2. The molecule has 3 heterocycles. The van der Waals surface area contributed by atoms with Crippen molar-refractivity contribution in [3.8, 4) is 11.5 Å². The second-order valence-electron chi connectivity index (χ2n) is 6.97. The minimum atomic E-state index is -0.216. The SMILES string of the molecule is COc1ccc([C@H]2CC(c3cccs3)=NN2C(=O)CSc2nnc(C)n2C)cc1OC. The number of aryl methyl sites for hydroxylation is 1. The predicted molar refractivity (Wildman–Crippen MR) is 121 cm³/mol. The number of nitrogens with zero attached hydrogens (tertiary/aromatic N) is 5. The lowest BCUT2D eigenvalue weighted by Gasteiger charge is -2.22. The van der Waals surface area contributed by atoms with Crippen LogP contribution in [0.5, 0.6) is 11.5 Å². The van der Waals surface area contributed by atoms with Gasteiger partial charge in [-0.05, 0) is 36.1 Å². The van der Waals surface area contributed by atoms with E-state index in [4.69, 9.17) is 14.6 Å². The molecule has 10 heteroatoms. The highest BCUT2D eigenvalue weighted by Crippen LogP contribution is 2.38. The topological polar surface area (TPSA) is 81.8 Å². The number of ether oxygens (including phenoxy) is 2. The summed E-state index contributed by atoms with van der Waals surface area (Å²) in [5.41, 5.74) is 1.85. The molecular formula is C21H23N5O3S2. The van der Waals surface area contributed by atoms with Crippen LogP contribution in [-0.2, 0) is 11.8 Å². The molecule has 1 atom stereocenters. The van der Waals surface area contributed by atoms with Gasteiger partial charge in [-0.2, -0.15) is 5.10 Å². The van der Waals surface area contributed by atoms with Crippen molar-refractivity contribution in [3.05, 3.63) is 52.0 Å². The molecule has 1 amide bonds. The lowest BCUT2D eigenvalue weighted by atomic mass is 10.0. The van der Waals surface area contributed by atoms with Gasteiger partial charge in [0.2, 0.25) is 0 Å². The van der Waals surface area contributed by atoms with Crippen LogP contribution in [0.25, 0.3) is 0 Å². The fourth-order valence-corrected chi connectivity index (χ4v) is 4.89. The van der Waals surface area contributed by atoms with E-state index in [1.54, 1.807) is 30.6 Å². The summed E-state index contributed by atoms with van der Waals surface area (Å²) < 4.78 is 12.7. The molecule has 2 aromatic heterocycles. The maximum Gasteiger partial charge on any atom is 0.253 e. The normalized spacial score (nSPS) is 15.8. The minimum Gasteiger partial charge on any atom is -0.493 e. The zero-order valence-electron chi connectivity index (χ0n) is 17.7. The van der Waals surface area contributed by atoms with E-state index < -0.39 is 0 Å². The van der Waals surface area contributed by atoms with Crippen molar-refractivity contribution in [1.29, 1.82) is 0 Å². The molecule has 1 aliphatic rings. The van der Waals surface area contributed by atoms with Crippen molar-refractivity contribution < 1.29 is 14.3 Å². The Labute approximate surface area is 188 Å². The zero-order valence-corrected chi connectivity index (χ0v) is 19.4. The molecule has 3 aromatic rings. The van der Waals surface area contributed by atoms with Crippen LogP contribution in [0.3, 0.4) is 0 Å². The quantitative estimate of drug-likeness (QED) is 0.504. The van der Waals surface area contributed by atoms with E-state index >= 15 is 0 Å². The van der Waals surface area contributed by atoms with Gasteiger partial charge in [-0.3, -0.25) is 4.79 Å². The van der Waals surface area contributed by atoms with Gasteiger partial charge in [0.25, 0.3) is 5.91 Å². The molecule has 8 nitrogen and oxygen atoms in total. The number of methoxy groups -OCH3 is 2. The Bertz CT molecular complexity index is 1110. The average molecular weight is 458 g/mol. The van der Waals surface area contributed by atoms with Crippen LogP contribution in [-0.4, -0.2) is 51.4 Å². The highest BCUT2D eigenvalue weighted by atomic mass is 32.2. The van der Waals surface area contributed by atoms with Crippen molar-refractivity contribution >= 4 is 34.7 Å². The van der Waals surface area contributed by atoms with Gasteiger partial charge in [-0.1, -0.05) is 23.9 Å². The van der Waals surface area contributed by atoms with Gasteiger partial charge in [-0.15, -0.1) is 21.5 Å². The van der Waals surface area contributed by atoms with Gasteiger partial charge in [0.05, 0.1) is 36.6 Å². The third-order valence-corrected chi connectivity index (χ3v) is 7.07. The van der Waals surface area contributed by atoms with Gasteiger partial charge in [0, 0.05) is 13.5 Å². The Morgan fingerprint density at radius 2 is 2.03 bits per heavy atom. The van der Waals surface area contributed by atoms with E-state index in [2.05, 4.69) is 10.2 Å². The first-order valence-electron chi connectivity index (χ1n) is 9.66. The maximum atomic E-state index is 13.2. The first-order chi connectivity index (χ1) is 15.0. The highest BCUT2D eigenvalue weighted by molar-refractivity contribution is 7.99. The second kappa shape index (κ2) is 9.11. The number of aromatic nitrogens is 3. The van der Waals surface area contributed by atoms with E-state index in [1.807, 2.05) is 54.3 Å². The summed E-state index contributed by atoms with van der Waals surface area (Å²) in [6.07, 6.45) is 0.634. The van der Waals surface area contributed by atoms with Crippen molar-refractivity contribution in [1.82, 2.24) is 19.8 Å². The van der Waals surface area contributed by atoms with Crippen LogP contribution >= 0.6 is 23.1 Å². The summed E-state index contributed by atoms with van der Waals surface area (Å²) in [6.45, 7) is 1.88. The number of carbonyl (C=O) groups excluding carboxylic acids is 1. The van der Waals surface area contributed by atoms with Gasteiger partial charge < -0.3 is 14.0 Å². The van der Waals surface area contributed by atoms with E-state index in [-0.39, 0.29) is 17.7 Å². The molecule has 0 saturated heterocycles. The van der Waals surface area contributed by atoms with Crippen molar-refractivity contribution in [2.45, 2.75) is 24.5 Å². The molecule has 0 aliphatic carbocycles. The minimum absolute atomic E-state index is 0.0861. The van der Waals surface area contributed by atoms with Crippen LogP contribution in [0.4, 0.5) is 0 Å². The van der Waals surface area contributed by atoms with Gasteiger partial charge in [-0.25, -0.2) is 5.01 Å². The summed E-state index contributed by atoms with van der Waals surface area (Å²) in [5, 5.41) is 17.2. The van der Waals surface area contributed by atoms with Crippen LogP contribution in [0.2, 0.25) is 0 Å². The fourth-order valence-electron chi connectivity index (χ4n) is 3.36. The van der Waals surface area contributed by atoms with Gasteiger partial charge in [0.15, 0.2) is 16.7 Å². The molecule has 0 N–H and O–H groups in total. The molecule has 162 valence electrons. The molecule has 0 fully saturated rings. The third kappa shape index (κ3) is 4.31. The molecule has 31 heavy (non-hydrogen) atoms. The second-order valence-corrected chi connectivity index (χ2v) is 8.86. The van der Waals surface area contributed by atoms with E-state index in [0.717, 1.165) is 22.0 Å². The van der Waals surface area contributed by atoms with Crippen LogP contribution in [0.1, 0.15) is 28.7 Å². The zero-order chi connectivity index (χ0) is 22.0. The first kappa shape index (κ1) is 21.4. The Morgan fingerprint density at radius 3 is 2.68 bits per heavy atom. The average Bonchev–Trinajstić information content (AvgIpc) is 3.53. The molecule has 1 aliphatic heterocycles. The summed E-state index contributed by atoms with van der Waals surface area (Å²) in [5.74, 6) is 2.21. The summed E-state index contributed by atoms with van der Waals surface area (Å²) in [7, 11) is 5.09. The van der Waals surface area contributed by atoms with Crippen LogP contribution in [0.15, 0.2) is 46.0 Å². The summed E-state index contributed by atoms with van der Waals surface area (Å²) >= 11 is 2.98. The van der Waals surface area contributed by atoms with Gasteiger partial charge in [0.1, 0.15) is 5.82 Å². The first-order valence-corrected chi connectivity index (χ1v) is 11.5. The lowest BCUT2D eigenvalue weighted by Crippen LogP contribution is -2.28. The number of amides is 1. The Morgan fingerprint density at radius 1 is 1.23 bits per heavy atom. The Kier molecular flexibility index (Phi) is 6.28. The molecular weight excluding hydrogens is 434 g/mol. The number of rotatable bonds is 7. The standard InChI is InChI=1S/C21H23N5O3S2/c1-13-22-23-21(25(13)2)31-12-20(27)26-16(11-15(24-26)19-6-5-9-30-19)14-7-8-17(28-3)18(10-14)29-4/h5-10,16H,11-12H2,1-4H3/t16-/m1/s1. The Balaban J connectivity index is 1.60. The molecule has 1 aromatic carbocycles. The molecule has 0 spiro atoms. The number of carbonyl (C=O) groups is 1. The number of hydrogen-bond donors (Lipinski definition) is 0. The van der Waals surface area contributed by atoms with Crippen LogP contribution < -0.4 is 9.47 Å². The monoisotopic (exact) mass is 457 g/mol. The Hall–Kier alpha value is -2.85. The van der Waals surface area contributed by atoms with Gasteiger partial charge >= 0.3 is 0 Å². The number of hydrogen-bond acceptors (Lipinski definition) is 8. The molecule has 0 unspecified atom stereocenters. The van der Waals surface area contributed by atoms with Crippen molar-refractivity contribution in [2.75, 3.05) is 20.0 Å². The molecule has 0 radical (unpaired) electrons. The van der Waals surface area contributed by atoms with Crippen molar-refractivity contribution in [2.24, 2.45) is 12.1 Å². The number of thiophene rings is 1. The smallest absolute Gasteiger partial charge is 0.253 e. The summed E-state index contributed by atoms with van der Waals surface area (Å²) in [4.78, 5) is 14.3. The van der Waals surface area contributed by atoms with Crippen LogP contribution in [0, 0.1) is 6.92 Å². The third-order valence-electron chi connectivity index (χ3n) is 5.14. The lowest BCUT2D eigenvalue weighted by molar-refractivity contribution is -0.130.